The molecule has 1 spiro atoms. The van der Waals surface area contributed by atoms with E-state index in [0.717, 1.165) is 24.6 Å². The summed E-state index contributed by atoms with van der Waals surface area (Å²) in [7, 11) is 0. The number of β-amino-alcohol motifs (C(OH)–C–C–N with tert-alkyl or cyclic N) is 1. The van der Waals surface area contributed by atoms with Gasteiger partial charge in [0.2, 0.25) is 0 Å². The third-order valence-electron chi connectivity index (χ3n) is 9.36. The molecule has 3 heteroatoms. The van der Waals surface area contributed by atoms with Gasteiger partial charge in [-0.3, -0.25) is 0 Å². The zero-order chi connectivity index (χ0) is 17.4. The molecule has 0 saturated heterocycles. The highest BCUT2D eigenvalue weighted by Crippen LogP contribution is 2.72. The smallest absolute Gasteiger partial charge is 0.165 e. The zero-order valence-electron chi connectivity index (χ0n) is 15.7. The minimum Gasteiger partial charge on any atom is -0.390 e. The van der Waals surface area contributed by atoms with Gasteiger partial charge in [-0.2, -0.15) is 0 Å². The molecule has 0 aromatic rings. The topological polar surface area (TPSA) is 43.5 Å². The van der Waals surface area contributed by atoms with Crippen LogP contribution in [0.15, 0.2) is 12.2 Å². The van der Waals surface area contributed by atoms with Crippen molar-refractivity contribution in [2.45, 2.75) is 64.4 Å². The van der Waals surface area contributed by atoms with Crippen molar-refractivity contribution in [3.05, 3.63) is 12.2 Å². The van der Waals surface area contributed by atoms with Gasteiger partial charge in [0.25, 0.3) is 0 Å². The van der Waals surface area contributed by atoms with E-state index in [1.165, 1.54) is 51.4 Å². The number of fused-ring (bicyclic) bond motifs is 2. The van der Waals surface area contributed by atoms with Crippen molar-refractivity contribution in [2.75, 3.05) is 19.7 Å². The average Bonchev–Trinajstić information content (AvgIpc) is 2.58. The van der Waals surface area contributed by atoms with Crippen LogP contribution in [0.4, 0.5) is 0 Å². The first-order valence-electron chi connectivity index (χ1n) is 10.5. The number of aliphatic hydroxyl groups excluding tert-OH is 2. The minimum absolute atomic E-state index is 0.0826. The first-order valence-corrected chi connectivity index (χ1v) is 10.5. The van der Waals surface area contributed by atoms with E-state index in [0.29, 0.717) is 17.3 Å². The van der Waals surface area contributed by atoms with E-state index >= 15 is 0 Å². The normalized spacial score (nSPS) is 53.9. The number of hydrogen-bond donors (Lipinski definition) is 2. The van der Waals surface area contributed by atoms with Crippen LogP contribution in [0.25, 0.3) is 0 Å². The van der Waals surface area contributed by atoms with Crippen LogP contribution in [0.3, 0.4) is 0 Å². The number of nitrogens with zero attached hydrogens (tertiary/aromatic N) is 1. The SMILES string of the molecule is C=C1[C@H]2CC[C@@]3(CC[C@@H]4[C@@]5(C)CCC[C@@]4(C=[N+](CCO)C5)[C@@H]3C2)[C@H]1O. The van der Waals surface area contributed by atoms with Crippen molar-refractivity contribution >= 4 is 6.21 Å². The second kappa shape index (κ2) is 5.19. The van der Waals surface area contributed by atoms with E-state index in [2.05, 4.69) is 24.3 Å². The summed E-state index contributed by atoms with van der Waals surface area (Å²) in [4.78, 5) is 0. The van der Waals surface area contributed by atoms with Gasteiger partial charge in [0, 0.05) is 10.8 Å². The fourth-order valence-electron chi connectivity index (χ4n) is 8.50. The van der Waals surface area contributed by atoms with Crippen molar-refractivity contribution in [2.24, 2.45) is 34.0 Å². The molecule has 2 N–H and O–H groups in total. The molecule has 3 nitrogen and oxygen atoms in total. The Morgan fingerprint density at radius 3 is 2.80 bits per heavy atom. The van der Waals surface area contributed by atoms with E-state index in [1.807, 2.05) is 0 Å². The van der Waals surface area contributed by atoms with E-state index in [-0.39, 0.29) is 23.5 Å². The lowest BCUT2D eigenvalue weighted by molar-refractivity contribution is -0.560. The van der Waals surface area contributed by atoms with Gasteiger partial charge in [-0.15, -0.1) is 0 Å². The van der Waals surface area contributed by atoms with Crippen molar-refractivity contribution in [3.8, 4) is 0 Å². The molecule has 5 saturated carbocycles. The van der Waals surface area contributed by atoms with Gasteiger partial charge in [0.1, 0.15) is 19.4 Å². The lowest BCUT2D eigenvalue weighted by Gasteiger charge is -2.68. The summed E-state index contributed by atoms with van der Waals surface area (Å²) in [5.74, 6) is 1.91. The first-order chi connectivity index (χ1) is 12.0. The molecule has 1 aliphatic heterocycles. The van der Waals surface area contributed by atoms with Gasteiger partial charge in [-0.25, -0.2) is 4.58 Å². The Balaban J connectivity index is 1.65. The predicted molar refractivity (Wildman–Crippen MR) is 98.7 cm³/mol. The van der Waals surface area contributed by atoms with Gasteiger partial charge in [0.05, 0.1) is 11.5 Å². The summed E-state index contributed by atoms with van der Waals surface area (Å²) < 4.78 is 2.44. The first kappa shape index (κ1) is 16.5. The maximum Gasteiger partial charge on any atom is 0.165 e. The molecule has 6 rings (SSSR count). The fourth-order valence-corrected chi connectivity index (χ4v) is 8.50. The largest absolute Gasteiger partial charge is 0.390 e. The third-order valence-corrected chi connectivity index (χ3v) is 9.36. The predicted octanol–water partition coefficient (Wildman–Crippen LogP) is 3.00. The Morgan fingerprint density at radius 2 is 2.00 bits per heavy atom. The molecule has 6 aliphatic rings. The molecule has 0 amide bonds. The molecule has 5 aliphatic carbocycles. The lowest BCUT2D eigenvalue weighted by atomic mass is 9.35. The molecule has 138 valence electrons. The Hall–Kier alpha value is -0.670. The Bertz CT molecular complexity index is 642. The highest BCUT2D eigenvalue weighted by molar-refractivity contribution is 5.65. The quantitative estimate of drug-likeness (QED) is 0.597. The maximum atomic E-state index is 11.2. The summed E-state index contributed by atoms with van der Waals surface area (Å²) in [5.41, 5.74) is 1.85. The average molecular weight is 345 g/mol. The van der Waals surface area contributed by atoms with E-state index in [4.69, 9.17) is 0 Å². The Kier molecular flexibility index (Phi) is 3.43. The molecule has 5 fully saturated rings. The molecular weight excluding hydrogens is 310 g/mol. The maximum absolute atomic E-state index is 11.2. The van der Waals surface area contributed by atoms with Crippen LogP contribution in [0.5, 0.6) is 0 Å². The summed E-state index contributed by atoms with van der Waals surface area (Å²) in [5, 5.41) is 20.8. The Labute approximate surface area is 151 Å². The molecular formula is C22H34NO2+. The third kappa shape index (κ3) is 1.92. The monoisotopic (exact) mass is 344 g/mol. The van der Waals surface area contributed by atoms with Crippen molar-refractivity contribution < 1.29 is 14.8 Å². The molecule has 0 aromatic carbocycles. The highest BCUT2D eigenvalue weighted by Gasteiger charge is 2.70. The van der Waals surface area contributed by atoms with Gasteiger partial charge < -0.3 is 10.2 Å². The van der Waals surface area contributed by atoms with Crippen LogP contribution >= 0.6 is 0 Å². The van der Waals surface area contributed by atoms with Crippen LogP contribution in [0.2, 0.25) is 0 Å². The van der Waals surface area contributed by atoms with Crippen LogP contribution in [0.1, 0.15) is 58.3 Å². The van der Waals surface area contributed by atoms with Gasteiger partial charge in [0.15, 0.2) is 6.54 Å². The molecule has 0 aromatic heterocycles. The number of hydrogen-bond acceptors (Lipinski definition) is 2. The number of aliphatic hydroxyl groups is 2. The van der Waals surface area contributed by atoms with Crippen LogP contribution in [-0.4, -0.2) is 46.8 Å². The van der Waals surface area contributed by atoms with E-state index < -0.39 is 0 Å². The summed E-state index contributed by atoms with van der Waals surface area (Å²) >= 11 is 0. The lowest BCUT2D eigenvalue weighted by Crippen LogP contribution is -2.68. The summed E-state index contributed by atoms with van der Waals surface area (Å²) in [6.45, 7) is 8.93. The van der Waals surface area contributed by atoms with Gasteiger partial charge in [-0.05, 0) is 68.3 Å². The van der Waals surface area contributed by atoms with Crippen molar-refractivity contribution in [1.82, 2.24) is 0 Å². The second-order valence-electron chi connectivity index (χ2n) is 10.3. The minimum atomic E-state index is -0.282. The van der Waals surface area contributed by atoms with E-state index in [1.54, 1.807) is 0 Å². The molecule has 1 heterocycles. The molecule has 4 bridgehead atoms. The van der Waals surface area contributed by atoms with Gasteiger partial charge in [-0.1, -0.05) is 19.9 Å². The highest BCUT2D eigenvalue weighted by atomic mass is 16.3. The van der Waals surface area contributed by atoms with Crippen molar-refractivity contribution in [1.29, 1.82) is 0 Å². The van der Waals surface area contributed by atoms with Crippen LogP contribution in [-0.2, 0) is 0 Å². The number of rotatable bonds is 2. The molecule has 25 heavy (non-hydrogen) atoms. The Morgan fingerprint density at radius 1 is 1.20 bits per heavy atom. The van der Waals surface area contributed by atoms with Gasteiger partial charge >= 0.3 is 0 Å². The summed E-state index contributed by atoms with van der Waals surface area (Å²) in [6.07, 6.45) is 12.4. The molecule has 0 radical (unpaired) electrons. The second-order valence-corrected chi connectivity index (χ2v) is 10.3. The summed E-state index contributed by atoms with van der Waals surface area (Å²) in [6, 6.07) is 0. The van der Waals surface area contributed by atoms with Crippen LogP contribution < -0.4 is 0 Å². The molecule has 7 atom stereocenters. The van der Waals surface area contributed by atoms with E-state index in [9.17, 15) is 10.2 Å². The standard InChI is InChI=1S/C22H34NO2/c1-15-16-4-8-21(19(15)25)9-5-17-20(2)6-3-7-22(17,18(21)12-16)14-23(13-20)10-11-24/h14,16-19,24-25H,1,3-13H2,2H3/q+1/t16-,17+,18+,19-,20-,21-,22-/m0/s1. The van der Waals surface area contributed by atoms with Crippen molar-refractivity contribution in [3.63, 3.8) is 0 Å². The zero-order valence-corrected chi connectivity index (χ0v) is 15.7. The van der Waals surface area contributed by atoms with Crippen LogP contribution in [0, 0.1) is 34.0 Å². The fraction of sp³-hybridized carbons (Fsp3) is 0.864. The molecule has 0 unspecified atom stereocenters.